The Bertz CT molecular complexity index is 476. The summed E-state index contributed by atoms with van der Waals surface area (Å²) in [5.41, 5.74) is 5.34. The van der Waals surface area contributed by atoms with Gasteiger partial charge in [0.2, 0.25) is 0 Å². The summed E-state index contributed by atoms with van der Waals surface area (Å²) in [7, 11) is 0. The Morgan fingerprint density at radius 1 is 1.67 bits per heavy atom. The van der Waals surface area contributed by atoms with E-state index in [1.807, 2.05) is 0 Å². The third-order valence-corrected chi connectivity index (χ3v) is 2.05. The van der Waals surface area contributed by atoms with E-state index in [1.165, 1.54) is 10.9 Å². The minimum absolute atomic E-state index is 0.0201. The van der Waals surface area contributed by atoms with Gasteiger partial charge in [-0.15, -0.1) is 17.4 Å². The Balaban J connectivity index is 2.68. The molecule has 8 heteroatoms. The average molecular weight is 251 g/mol. The first-order valence-electron chi connectivity index (χ1n) is 5.15. The van der Waals surface area contributed by atoms with Gasteiger partial charge in [0.25, 0.3) is 5.91 Å². The Kier molecular flexibility index (Phi) is 4.83. The molecular weight excluding hydrogens is 238 g/mol. The number of nitrogens with zero attached hydrogens (tertiary/aromatic N) is 3. The lowest BCUT2D eigenvalue weighted by molar-refractivity contribution is -0.139. The smallest absolute Gasteiger partial charge is 0.327 e. The molecule has 0 spiro atoms. The van der Waals surface area contributed by atoms with Crippen molar-refractivity contribution in [1.82, 2.24) is 20.3 Å². The monoisotopic (exact) mass is 251 g/mol. The molecule has 0 aliphatic rings. The number of hydrogen-bond donors (Lipinski definition) is 3. The van der Waals surface area contributed by atoms with Gasteiger partial charge in [0.1, 0.15) is 6.04 Å². The molecule has 0 bridgehead atoms. The molecule has 1 unspecified atom stereocenters. The van der Waals surface area contributed by atoms with Crippen molar-refractivity contribution in [2.45, 2.75) is 19.0 Å². The first-order valence-corrected chi connectivity index (χ1v) is 5.15. The van der Waals surface area contributed by atoms with Gasteiger partial charge in [-0.2, -0.15) is 0 Å². The van der Waals surface area contributed by atoms with Gasteiger partial charge in [-0.1, -0.05) is 5.21 Å². The molecule has 4 N–H and O–H groups in total. The van der Waals surface area contributed by atoms with E-state index in [2.05, 4.69) is 21.5 Å². The summed E-state index contributed by atoms with van der Waals surface area (Å²) >= 11 is 0. The molecular formula is C10H13N5O3. The minimum Gasteiger partial charge on any atom is -0.480 e. The highest BCUT2D eigenvalue weighted by atomic mass is 16.4. The van der Waals surface area contributed by atoms with E-state index in [1.54, 1.807) is 0 Å². The van der Waals surface area contributed by atoms with Crippen LogP contribution in [0.15, 0.2) is 6.20 Å². The summed E-state index contributed by atoms with van der Waals surface area (Å²) < 4.78 is 1.39. The highest BCUT2D eigenvalue weighted by molar-refractivity contribution is 5.94. The van der Waals surface area contributed by atoms with Crippen molar-refractivity contribution in [2.24, 2.45) is 5.73 Å². The van der Waals surface area contributed by atoms with E-state index in [-0.39, 0.29) is 12.1 Å². The number of carboxylic acids is 1. The molecule has 0 saturated carbocycles. The van der Waals surface area contributed by atoms with E-state index >= 15 is 0 Å². The third-order valence-electron chi connectivity index (χ3n) is 2.05. The molecule has 0 saturated heterocycles. The van der Waals surface area contributed by atoms with Crippen LogP contribution in [-0.4, -0.2) is 44.6 Å². The summed E-state index contributed by atoms with van der Waals surface area (Å²) in [6, 6.07) is -1.14. The molecule has 18 heavy (non-hydrogen) atoms. The lowest BCUT2D eigenvalue weighted by Gasteiger charge is -2.09. The third kappa shape index (κ3) is 3.57. The van der Waals surface area contributed by atoms with E-state index < -0.39 is 17.9 Å². The fourth-order valence-corrected chi connectivity index (χ4v) is 1.19. The Labute approximate surface area is 103 Å². The molecule has 1 aromatic heterocycles. The maximum absolute atomic E-state index is 11.7. The number of amides is 1. The molecule has 0 aliphatic carbocycles. The molecule has 0 aliphatic heterocycles. The van der Waals surface area contributed by atoms with Crippen LogP contribution in [0, 0.1) is 12.3 Å². The maximum Gasteiger partial charge on any atom is 0.327 e. The Morgan fingerprint density at radius 3 is 2.94 bits per heavy atom. The van der Waals surface area contributed by atoms with Crippen molar-refractivity contribution in [2.75, 3.05) is 6.54 Å². The van der Waals surface area contributed by atoms with Gasteiger partial charge in [-0.05, 0) is 0 Å². The van der Waals surface area contributed by atoms with Crippen molar-refractivity contribution in [3.63, 3.8) is 0 Å². The van der Waals surface area contributed by atoms with Gasteiger partial charge in [-0.3, -0.25) is 9.48 Å². The number of nitrogens with two attached hydrogens (primary N) is 1. The van der Waals surface area contributed by atoms with Gasteiger partial charge in [0, 0.05) is 13.0 Å². The maximum atomic E-state index is 11.7. The Morgan fingerprint density at radius 2 is 2.39 bits per heavy atom. The van der Waals surface area contributed by atoms with Crippen LogP contribution in [0.25, 0.3) is 0 Å². The van der Waals surface area contributed by atoms with E-state index in [9.17, 15) is 9.59 Å². The lowest BCUT2D eigenvalue weighted by Crippen LogP contribution is -2.40. The molecule has 0 radical (unpaired) electrons. The summed E-state index contributed by atoms with van der Waals surface area (Å²) in [4.78, 5) is 22.5. The largest absolute Gasteiger partial charge is 0.480 e. The van der Waals surface area contributed by atoms with E-state index in [0.717, 1.165) is 0 Å². The number of carbonyl (C=O) groups excluding carboxylic acids is 1. The van der Waals surface area contributed by atoms with Crippen molar-refractivity contribution in [1.29, 1.82) is 0 Å². The standard InChI is InChI=1S/C10H13N5O3/c1-2-3-7(10(17)18)12-9(16)8-6-15(5-4-11)14-13-8/h1,6-7H,3-5,11H2,(H,12,16)(H,17,18). The van der Waals surface area contributed by atoms with Gasteiger partial charge in [-0.25, -0.2) is 4.79 Å². The van der Waals surface area contributed by atoms with Crippen LogP contribution in [0.4, 0.5) is 0 Å². The van der Waals surface area contributed by atoms with Crippen LogP contribution in [-0.2, 0) is 11.3 Å². The molecule has 1 amide bonds. The number of rotatable bonds is 6. The van der Waals surface area contributed by atoms with Gasteiger partial charge >= 0.3 is 5.97 Å². The molecule has 1 atom stereocenters. The van der Waals surface area contributed by atoms with Crippen LogP contribution >= 0.6 is 0 Å². The summed E-state index contributed by atoms with van der Waals surface area (Å²) in [6.07, 6.45) is 6.30. The van der Waals surface area contributed by atoms with Crippen molar-refractivity contribution in [3.8, 4) is 12.3 Å². The van der Waals surface area contributed by atoms with Gasteiger partial charge in [0.15, 0.2) is 5.69 Å². The molecule has 1 rings (SSSR count). The minimum atomic E-state index is -1.20. The van der Waals surface area contributed by atoms with Crippen molar-refractivity contribution in [3.05, 3.63) is 11.9 Å². The topological polar surface area (TPSA) is 123 Å². The summed E-state index contributed by atoms with van der Waals surface area (Å²) in [5.74, 6) is 0.342. The lowest BCUT2D eigenvalue weighted by atomic mass is 10.2. The Hall–Kier alpha value is -2.40. The zero-order chi connectivity index (χ0) is 13.5. The SMILES string of the molecule is C#CCC(NC(=O)c1cn(CCN)nn1)C(=O)O. The van der Waals surface area contributed by atoms with Crippen LogP contribution in [0.3, 0.4) is 0 Å². The van der Waals surface area contributed by atoms with Crippen molar-refractivity contribution < 1.29 is 14.7 Å². The first-order chi connectivity index (χ1) is 8.58. The number of hydrogen-bond acceptors (Lipinski definition) is 5. The second kappa shape index (κ2) is 6.36. The van der Waals surface area contributed by atoms with Gasteiger partial charge < -0.3 is 16.2 Å². The van der Waals surface area contributed by atoms with Crippen LogP contribution < -0.4 is 11.1 Å². The second-order valence-corrected chi connectivity index (χ2v) is 3.43. The molecule has 1 heterocycles. The number of terminal acetylenes is 1. The summed E-state index contributed by atoms with van der Waals surface area (Å²) in [6.45, 7) is 0.784. The van der Waals surface area contributed by atoms with E-state index in [4.69, 9.17) is 17.3 Å². The number of nitrogens with one attached hydrogen (secondary N) is 1. The van der Waals surface area contributed by atoms with Crippen LogP contribution in [0.1, 0.15) is 16.9 Å². The van der Waals surface area contributed by atoms with Gasteiger partial charge in [0.05, 0.1) is 12.7 Å². The van der Waals surface area contributed by atoms with Crippen molar-refractivity contribution >= 4 is 11.9 Å². The zero-order valence-corrected chi connectivity index (χ0v) is 9.54. The molecule has 1 aromatic rings. The predicted octanol–water partition coefficient (Wildman–Crippen LogP) is -1.56. The fourth-order valence-electron chi connectivity index (χ4n) is 1.19. The normalized spacial score (nSPS) is 11.6. The fraction of sp³-hybridized carbons (Fsp3) is 0.400. The second-order valence-electron chi connectivity index (χ2n) is 3.43. The number of carboxylic acid groups (broad SMARTS) is 1. The zero-order valence-electron chi connectivity index (χ0n) is 9.54. The first kappa shape index (κ1) is 13.7. The molecule has 8 nitrogen and oxygen atoms in total. The molecule has 0 fully saturated rings. The van der Waals surface area contributed by atoms with E-state index in [0.29, 0.717) is 13.1 Å². The predicted molar refractivity (Wildman–Crippen MR) is 61.4 cm³/mol. The quantitative estimate of drug-likeness (QED) is 0.525. The summed E-state index contributed by atoms with van der Waals surface area (Å²) in [5, 5.41) is 18.4. The molecule has 96 valence electrons. The average Bonchev–Trinajstić information content (AvgIpc) is 2.77. The number of aliphatic carboxylic acids is 1. The van der Waals surface area contributed by atoms with Crippen LogP contribution in [0.2, 0.25) is 0 Å². The van der Waals surface area contributed by atoms with Crippen LogP contribution in [0.5, 0.6) is 0 Å². The number of aromatic nitrogens is 3. The highest BCUT2D eigenvalue weighted by Gasteiger charge is 2.21. The molecule has 0 aromatic carbocycles. The number of carbonyl (C=O) groups is 2. The highest BCUT2D eigenvalue weighted by Crippen LogP contribution is 1.97.